The molecule has 13 heavy (non-hydrogen) atoms. The first-order valence-corrected chi connectivity index (χ1v) is 5.04. The molecule has 1 N–H and O–H groups in total. The summed E-state index contributed by atoms with van der Waals surface area (Å²) in [5.41, 5.74) is 0. The number of nitrogens with zero attached hydrogens (tertiary/aromatic N) is 2. The van der Waals surface area contributed by atoms with Gasteiger partial charge >= 0.3 is 0 Å². The van der Waals surface area contributed by atoms with E-state index in [1.54, 1.807) is 0 Å². The zero-order valence-electron chi connectivity index (χ0n) is 8.11. The Bertz CT molecular complexity index is 243. The van der Waals surface area contributed by atoms with E-state index >= 15 is 0 Å². The standard InChI is InChI=1S/C10H17N3/c1-9-7-10(9)8-11-4-6-13-5-2-3-12-13/h2-3,5,9-11H,4,6-8H2,1H3. The molecule has 1 saturated carbocycles. The van der Waals surface area contributed by atoms with Crippen molar-refractivity contribution in [1.82, 2.24) is 15.1 Å². The van der Waals surface area contributed by atoms with Crippen LogP contribution in [-0.2, 0) is 6.54 Å². The van der Waals surface area contributed by atoms with Gasteiger partial charge in [0.05, 0.1) is 6.54 Å². The van der Waals surface area contributed by atoms with Crippen LogP contribution in [-0.4, -0.2) is 22.9 Å². The number of hydrogen-bond acceptors (Lipinski definition) is 2. The van der Waals surface area contributed by atoms with Crippen LogP contribution in [0.2, 0.25) is 0 Å². The van der Waals surface area contributed by atoms with Crippen LogP contribution in [0.4, 0.5) is 0 Å². The molecule has 0 bridgehead atoms. The third-order valence-corrected chi connectivity index (χ3v) is 2.76. The van der Waals surface area contributed by atoms with Crippen molar-refractivity contribution in [2.24, 2.45) is 11.8 Å². The SMILES string of the molecule is CC1CC1CNCCn1cccn1. The molecule has 0 aliphatic heterocycles. The molecule has 0 aromatic carbocycles. The van der Waals surface area contributed by atoms with Gasteiger partial charge < -0.3 is 5.32 Å². The maximum absolute atomic E-state index is 4.14. The van der Waals surface area contributed by atoms with E-state index in [0.717, 1.165) is 24.9 Å². The lowest BCUT2D eigenvalue weighted by Crippen LogP contribution is -2.22. The van der Waals surface area contributed by atoms with Gasteiger partial charge in [0, 0.05) is 18.9 Å². The van der Waals surface area contributed by atoms with Crippen LogP contribution < -0.4 is 5.32 Å². The van der Waals surface area contributed by atoms with E-state index in [1.165, 1.54) is 13.0 Å². The summed E-state index contributed by atoms with van der Waals surface area (Å²) in [6.07, 6.45) is 5.24. The summed E-state index contributed by atoms with van der Waals surface area (Å²) < 4.78 is 1.96. The molecule has 1 aromatic rings. The number of aromatic nitrogens is 2. The highest BCUT2D eigenvalue weighted by molar-refractivity contribution is 4.84. The van der Waals surface area contributed by atoms with E-state index in [-0.39, 0.29) is 0 Å². The molecule has 1 heterocycles. The third kappa shape index (κ3) is 2.56. The fraction of sp³-hybridized carbons (Fsp3) is 0.700. The normalized spacial score (nSPS) is 26.2. The summed E-state index contributed by atoms with van der Waals surface area (Å²) in [5, 5.41) is 7.60. The number of rotatable bonds is 5. The lowest BCUT2D eigenvalue weighted by molar-refractivity contribution is 0.534. The molecule has 0 radical (unpaired) electrons. The summed E-state index contributed by atoms with van der Waals surface area (Å²) in [6.45, 7) is 5.52. The Morgan fingerprint density at radius 2 is 2.46 bits per heavy atom. The molecule has 1 aliphatic carbocycles. The second-order valence-corrected chi connectivity index (χ2v) is 3.95. The van der Waals surface area contributed by atoms with Gasteiger partial charge in [0.2, 0.25) is 0 Å². The average molecular weight is 179 g/mol. The smallest absolute Gasteiger partial charge is 0.0533 e. The minimum Gasteiger partial charge on any atom is -0.315 e. The average Bonchev–Trinajstić information content (AvgIpc) is 2.67. The highest BCUT2D eigenvalue weighted by atomic mass is 15.3. The Labute approximate surface area is 79.1 Å². The van der Waals surface area contributed by atoms with Gasteiger partial charge in [-0.1, -0.05) is 6.92 Å². The number of nitrogens with one attached hydrogen (secondary N) is 1. The molecule has 0 saturated heterocycles. The monoisotopic (exact) mass is 179 g/mol. The summed E-state index contributed by atoms with van der Waals surface area (Å²) >= 11 is 0. The van der Waals surface area contributed by atoms with E-state index in [2.05, 4.69) is 17.3 Å². The second-order valence-electron chi connectivity index (χ2n) is 3.95. The molecule has 3 nitrogen and oxygen atoms in total. The molecule has 3 heteroatoms. The predicted molar refractivity (Wildman–Crippen MR) is 52.4 cm³/mol. The van der Waals surface area contributed by atoms with Gasteiger partial charge in [-0.2, -0.15) is 5.10 Å². The molecule has 1 aliphatic rings. The fourth-order valence-electron chi connectivity index (χ4n) is 1.60. The molecule has 2 rings (SSSR count). The van der Waals surface area contributed by atoms with Crippen molar-refractivity contribution in [3.8, 4) is 0 Å². The van der Waals surface area contributed by atoms with Gasteiger partial charge in [-0.3, -0.25) is 4.68 Å². The Morgan fingerprint density at radius 1 is 1.62 bits per heavy atom. The summed E-state index contributed by atoms with van der Waals surface area (Å²) in [7, 11) is 0. The molecule has 1 fully saturated rings. The molecule has 2 unspecified atom stereocenters. The van der Waals surface area contributed by atoms with Crippen LogP contribution in [0.5, 0.6) is 0 Å². The van der Waals surface area contributed by atoms with Crippen molar-refractivity contribution in [3.63, 3.8) is 0 Å². The maximum Gasteiger partial charge on any atom is 0.0533 e. The number of hydrogen-bond donors (Lipinski definition) is 1. The molecule has 0 spiro atoms. The molecule has 72 valence electrons. The van der Waals surface area contributed by atoms with E-state index < -0.39 is 0 Å². The zero-order chi connectivity index (χ0) is 9.10. The van der Waals surface area contributed by atoms with Crippen LogP contribution in [0.15, 0.2) is 18.5 Å². The first-order chi connectivity index (χ1) is 6.36. The van der Waals surface area contributed by atoms with Gasteiger partial charge in [0.1, 0.15) is 0 Å². The Hall–Kier alpha value is -0.830. The highest BCUT2D eigenvalue weighted by Gasteiger charge is 2.31. The minimum absolute atomic E-state index is 0.942. The van der Waals surface area contributed by atoms with Gasteiger partial charge in [-0.05, 0) is 30.9 Å². The van der Waals surface area contributed by atoms with Crippen LogP contribution in [0.1, 0.15) is 13.3 Å². The maximum atomic E-state index is 4.14. The predicted octanol–water partition coefficient (Wildman–Crippen LogP) is 1.13. The van der Waals surface area contributed by atoms with Crippen LogP contribution in [0, 0.1) is 11.8 Å². The van der Waals surface area contributed by atoms with E-state index in [9.17, 15) is 0 Å². The van der Waals surface area contributed by atoms with Crippen molar-refractivity contribution in [3.05, 3.63) is 18.5 Å². The highest BCUT2D eigenvalue weighted by Crippen LogP contribution is 2.36. The quantitative estimate of drug-likeness (QED) is 0.687. The van der Waals surface area contributed by atoms with Gasteiger partial charge in [0.15, 0.2) is 0 Å². The summed E-state index contributed by atoms with van der Waals surface area (Å²) in [4.78, 5) is 0. The molecular formula is C10H17N3. The van der Waals surface area contributed by atoms with Crippen molar-refractivity contribution in [2.45, 2.75) is 19.9 Å². The van der Waals surface area contributed by atoms with E-state index in [0.29, 0.717) is 0 Å². The largest absolute Gasteiger partial charge is 0.315 e. The molecule has 2 atom stereocenters. The molecule has 1 aromatic heterocycles. The van der Waals surface area contributed by atoms with Crippen molar-refractivity contribution < 1.29 is 0 Å². The first kappa shape index (κ1) is 8.75. The van der Waals surface area contributed by atoms with E-state index in [4.69, 9.17) is 0 Å². The lowest BCUT2D eigenvalue weighted by Gasteiger charge is -2.03. The molecule has 0 amide bonds. The minimum atomic E-state index is 0.942. The van der Waals surface area contributed by atoms with Crippen molar-refractivity contribution >= 4 is 0 Å². The van der Waals surface area contributed by atoms with Gasteiger partial charge in [-0.15, -0.1) is 0 Å². The lowest BCUT2D eigenvalue weighted by atomic mass is 10.3. The van der Waals surface area contributed by atoms with E-state index in [1.807, 2.05) is 23.1 Å². The first-order valence-electron chi connectivity index (χ1n) is 5.04. The fourth-order valence-corrected chi connectivity index (χ4v) is 1.60. The molecular weight excluding hydrogens is 162 g/mol. The zero-order valence-corrected chi connectivity index (χ0v) is 8.11. The second kappa shape index (κ2) is 3.92. The Morgan fingerprint density at radius 3 is 3.08 bits per heavy atom. The Balaban J connectivity index is 1.54. The van der Waals surface area contributed by atoms with Crippen molar-refractivity contribution in [1.29, 1.82) is 0 Å². The topological polar surface area (TPSA) is 29.9 Å². The summed E-state index contributed by atoms with van der Waals surface area (Å²) in [6, 6.07) is 1.96. The van der Waals surface area contributed by atoms with Crippen LogP contribution >= 0.6 is 0 Å². The third-order valence-electron chi connectivity index (χ3n) is 2.76. The van der Waals surface area contributed by atoms with Crippen molar-refractivity contribution in [2.75, 3.05) is 13.1 Å². The van der Waals surface area contributed by atoms with Gasteiger partial charge in [0.25, 0.3) is 0 Å². The van der Waals surface area contributed by atoms with Crippen LogP contribution in [0.25, 0.3) is 0 Å². The summed E-state index contributed by atoms with van der Waals surface area (Å²) in [5.74, 6) is 1.90. The Kier molecular flexibility index (Phi) is 2.64. The van der Waals surface area contributed by atoms with Crippen LogP contribution in [0.3, 0.4) is 0 Å². The van der Waals surface area contributed by atoms with Gasteiger partial charge in [-0.25, -0.2) is 0 Å².